The minimum absolute atomic E-state index is 0.274. The smallest absolute Gasteiger partial charge is 0.231 e. The predicted molar refractivity (Wildman–Crippen MR) is 106 cm³/mol. The van der Waals surface area contributed by atoms with Gasteiger partial charge in [0.05, 0.1) is 0 Å². The molecule has 0 fully saturated rings. The molecule has 5 rings (SSSR count). The second-order valence-corrected chi connectivity index (χ2v) is 7.52. The van der Waals surface area contributed by atoms with Gasteiger partial charge in [0.25, 0.3) is 0 Å². The first kappa shape index (κ1) is 16.2. The molecule has 0 bridgehead atoms. The van der Waals surface area contributed by atoms with Gasteiger partial charge in [0, 0.05) is 29.9 Å². The van der Waals surface area contributed by atoms with Crippen LogP contribution in [0.2, 0.25) is 0 Å². The topological polar surface area (TPSA) is 69.2 Å². The molecule has 4 heterocycles. The highest BCUT2D eigenvalue weighted by Gasteiger charge is 2.15. The molecule has 0 amide bonds. The number of fused-ring (bicyclic) bond motifs is 1. The van der Waals surface area contributed by atoms with E-state index in [9.17, 15) is 0 Å². The van der Waals surface area contributed by atoms with Crippen molar-refractivity contribution in [3.8, 4) is 33.3 Å². The Balaban J connectivity index is 1.42. The Morgan fingerprint density at radius 1 is 1.07 bits per heavy atom. The fourth-order valence-electron chi connectivity index (χ4n) is 2.83. The zero-order valence-electron chi connectivity index (χ0n) is 14.1. The third kappa shape index (κ3) is 3.24. The van der Waals surface area contributed by atoms with Crippen LogP contribution in [0.3, 0.4) is 0 Å². The molecule has 0 saturated heterocycles. The number of anilines is 1. The van der Waals surface area contributed by atoms with Crippen LogP contribution in [0.4, 0.5) is 5.95 Å². The monoisotopic (exact) mass is 394 g/mol. The number of nitrogens with zero attached hydrogens (tertiary/aromatic N) is 3. The van der Waals surface area contributed by atoms with Crippen molar-refractivity contribution in [2.75, 3.05) is 12.1 Å². The van der Waals surface area contributed by atoms with Crippen LogP contribution in [-0.2, 0) is 6.54 Å². The van der Waals surface area contributed by atoms with E-state index >= 15 is 0 Å². The molecule has 1 aliphatic rings. The lowest BCUT2D eigenvalue weighted by atomic mass is 10.1. The van der Waals surface area contributed by atoms with Crippen molar-refractivity contribution >= 4 is 28.6 Å². The van der Waals surface area contributed by atoms with Crippen LogP contribution < -0.4 is 14.8 Å². The summed E-state index contributed by atoms with van der Waals surface area (Å²) in [5.41, 5.74) is 4.00. The van der Waals surface area contributed by atoms with E-state index in [1.165, 1.54) is 0 Å². The fourth-order valence-corrected chi connectivity index (χ4v) is 4.13. The minimum Gasteiger partial charge on any atom is -0.454 e. The molecule has 1 aromatic carbocycles. The Morgan fingerprint density at radius 2 is 2.04 bits per heavy atom. The van der Waals surface area contributed by atoms with Crippen LogP contribution in [0.25, 0.3) is 21.8 Å². The molecule has 0 saturated carbocycles. The molecule has 0 atom stereocenters. The van der Waals surface area contributed by atoms with Crippen molar-refractivity contribution in [1.29, 1.82) is 0 Å². The molecule has 0 aliphatic carbocycles. The normalized spacial score (nSPS) is 12.3. The number of benzene rings is 1. The number of aromatic nitrogens is 3. The lowest BCUT2D eigenvalue weighted by molar-refractivity contribution is 0.174. The summed E-state index contributed by atoms with van der Waals surface area (Å²) < 4.78 is 10.8. The van der Waals surface area contributed by atoms with E-state index in [-0.39, 0.29) is 6.79 Å². The summed E-state index contributed by atoms with van der Waals surface area (Å²) >= 11 is 3.22. The van der Waals surface area contributed by atoms with E-state index in [2.05, 4.69) is 26.7 Å². The highest BCUT2D eigenvalue weighted by Crippen LogP contribution is 2.34. The van der Waals surface area contributed by atoms with Gasteiger partial charge in [0.2, 0.25) is 12.7 Å². The molecule has 27 heavy (non-hydrogen) atoms. The van der Waals surface area contributed by atoms with Crippen molar-refractivity contribution in [2.45, 2.75) is 6.54 Å². The van der Waals surface area contributed by atoms with Gasteiger partial charge in [0.1, 0.15) is 10.7 Å². The quantitative estimate of drug-likeness (QED) is 0.530. The third-order valence-corrected chi connectivity index (χ3v) is 5.61. The number of thiophene rings is 1. The van der Waals surface area contributed by atoms with Crippen molar-refractivity contribution < 1.29 is 9.47 Å². The second-order valence-electron chi connectivity index (χ2n) is 5.85. The van der Waals surface area contributed by atoms with Gasteiger partial charge in [-0.3, -0.25) is 0 Å². The number of hydrogen-bond donors (Lipinski definition) is 1. The molecule has 0 radical (unpaired) electrons. The maximum Gasteiger partial charge on any atom is 0.231 e. The predicted octanol–water partition coefficient (Wildman–Crippen LogP) is 4.67. The Morgan fingerprint density at radius 3 is 2.89 bits per heavy atom. The average molecular weight is 394 g/mol. The fraction of sp³-hybridized carbons (Fsp3) is 0.105. The van der Waals surface area contributed by atoms with Gasteiger partial charge in [-0.15, -0.1) is 11.3 Å². The Hall–Kier alpha value is -2.97. The van der Waals surface area contributed by atoms with Gasteiger partial charge in [0.15, 0.2) is 11.5 Å². The van der Waals surface area contributed by atoms with Gasteiger partial charge in [-0.25, -0.2) is 15.0 Å². The zero-order valence-corrected chi connectivity index (χ0v) is 15.7. The summed E-state index contributed by atoms with van der Waals surface area (Å²) in [6.45, 7) is 0.863. The van der Waals surface area contributed by atoms with Crippen LogP contribution in [0.5, 0.6) is 11.5 Å². The summed E-state index contributed by atoms with van der Waals surface area (Å²) in [5, 5.41) is 10.3. The van der Waals surface area contributed by atoms with Crippen LogP contribution in [0, 0.1) is 0 Å². The summed E-state index contributed by atoms with van der Waals surface area (Å²) in [7, 11) is 0. The second kappa shape index (κ2) is 6.98. The molecule has 6 nitrogen and oxygen atoms in total. The number of nitrogens with one attached hydrogen (secondary N) is 1. The maximum atomic E-state index is 5.43. The molecule has 0 unspecified atom stereocenters. The molecule has 4 aromatic rings. The Labute approximate surface area is 163 Å². The molecule has 1 aliphatic heterocycles. The first-order chi connectivity index (χ1) is 13.4. The zero-order chi connectivity index (χ0) is 18.1. The maximum absolute atomic E-state index is 5.43. The average Bonchev–Trinajstić information content (AvgIpc) is 3.48. The standard InChI is InChI=1S/C19H14N4O2S2/c1-2-15-16(25-11-24-15)7-12(1)8-21-19-22-9-14(13-3-5-26-10-13)17(23-19)18-20-4-6-27-18/h1-7,9-10H,8,11H2,(H,21,22,23). The number of ether oxygens (including phenoxy) is 2. The van der Waals surface area contributed by atoms with Crippen LogP contribution >= 0.6 is 22.7 Å². The van der Waals surface area contributed by atoms with Crippen molar-refractivity contribution in [3.63, 3.8) is 0 Å². The van der Waals surface area contributed by atoms with Crippen LogP contribution in [0.1, 0.15) is 5.56 Å². The molecule has 0 spiro atoms. The van der Waals surface area contributed by atoms with Crippen molar-refractivity contribution in [1.82, 2.24) is 15.0 Å². The van der Waals surface area contributed by atoms with E-state index in [1.807, 2.05) is 35.2 Å². The Kier molecular flexibility index (Phi) is 4.19. The summed E-state index contributed by atoms with van der Waals surface area (Å²) in [5.74, 6) is 2.12. The van der Waals surface area contributed by atoms with Crippen LogP contribution in [-0.4, -0.2) is 21.7 Å². The molecule has 1 N–H and O–H groups in total. The number of hydrogen-bond acceptors (Lipinski definition) is 8. The number of rotatable bonds is 5. The molecular weight excluding hydrogens is 380 g/mol. The first-order valence-corrected chi connectivity index (χ1v) is 10.1. The van der Waals surface area contributed by atoms with Gasteiger partial charge in [-0.05, 0) is 40.1 Å². The van der Waals surface area contributed by atoms with E-state index < -0.39 is 0 Å². The van der Waals surface area contributed by atoms with Gasteiger partial charge >= 0.3 is 0 Å². The summed E-state index contributed by atoms with van der Waals surface area (Å²) in [4.78, 5) is 13.7. The molecule has 8 heteroatoms. The van der Waals surface area contributed by atoms with E-state index in [4.69, 9.17) is 14.5 Å². The summed E-state index contributed by atoms with van der Waals surface area (Å²) in [6.07, 6.45) is 3.65. The molecule has 134 valence electrons. The van der Waals surface area contributed by atoms with Crippen LogP contribution in [0.15, 0.2) is 52.8 Å². The molecule has 3 aromatic heterocycles. The van der Waals surface area contributed by atoms with E-state index in [1.54, 1.807) is 28.9 Å². The van der Waals surface area contributed by atoms with Gasteiger partial charge < -0.3 is 14.8 Å². The lowest BCUT2D eigenvalue weighted by Crippen LogP contribution is -2.05. The highest BCUT2D eigenvalue weighted by atomic mass is 32.1. The summed E-state index contributed by atoms with van der Waals surface area (Å²) in [6, 6.07) is 7.96. The van der Waals surface area contributed by atoms with E-state index in [0.717, 1.165) is 38.9 Å². The SMILES string of the molecule is c1csc(-c2nc(NCc3ccc4c(c3)OCO4)ncc2-c2ccsc2)n1. The van der Waals surface area contributed by atoms with Crippen molar-refractivity contribution in [3.05, 3.63) is 58.4 Å². The number of thiazole rings is 1. The minimum atomic E-state index is 0.274. The Bertz CT molecular complexity index is 1070. The van der Waals surface area contributed by atoms with Gasteiger partial charge in [-0.2, -0.15) is 11.3 Å². The molecular formula is C19H14N4O2S2. The lowest BCUT2D eigenvalue weighted by Gasteiger charge is -2.09. The van der Waals surface area contributed by atoms with E-state index in [0.29, 0.717) is 12.5 Å². The van der Waals surface area contributed by atoms with Gasteiger partial charge in [-0.1, -0.05) is 6.07 Å². The largest absolute Gasteiger partial charge is 0.454 e. The van der Waals surface area contributed by atoms with Crippen molar-refractivity contribution in [2.24, 2.45) is 0 Å². The third-order valence-electron chi connectivity index (χ3n) is 4.14. The first-order valence-electron chi connectivity index (χ1n) is 8.29. The highest BCUT2D eigenvalue weighted by molar-refractivity contribution is 7.13.